The summed E-state index contributed by atoms with van der Waals surface area (Å²) in [5.74, 6) is -1.30. The highest BCUT2D eigenvalue weighted by molar-refractivity contribution is 7.90. The third-order valence-electron chi connectivity index (χ3n) is 12.9. The van der Waals surface area contributed by atoms with Crippen LogP contribution < -0.4 is 14.8 Å². The number of ether oxygens (including phenoxy) is 2. The molecule has 2 aliphatic heterocycles. The molecule has 2 N–H and O–H groups in total. The number of thiazole rings is 1. The number of para-hydroxylation sites is 1. The van der Waals surface area contributed by atoms with Gasteiger partial charge in [-0.3, -0.25) is 23.7 Å². The number of hydrogen-bond acceptors (Lipinski definition) is 11. The SMILES string of the molecule is CC(C)n1c(O[C@@H]2C[C@H]3C(=O)C[C@]4(C(=O)NS(=O)(=O)C5CC5)C[C@H]4/C=C\CCCCC[C@H](NC(=O)OC(C)(C)C)C(=O)N3C2)nc2c(-c3nc(C4CCCC4)cs3)cccc21. The van der Waals surface area contributed by atoms with E-state index in [1.165, 1.54) is 17.7 Å². The summed E-state index contributed by atoms with van der Waals surface area (Å²) in [4.78, 5) is 68.2. The number of rotatable bonds is 9. The van der Waals surface area contributed by atoms with Crippen molar-refractivity contribution in [3.05, 3.63) is 41.4 Å². The molecule has 3 saturated carbocycles. The number of sulfonamides is 1. The van der Waals surface area contributed by atoms with Gasteiger partial charge in [-0.05, 0) is 104 Å². The Kier molecular flexibility index (Phi) is 12.2. The van der Waals surface area contributed by atoms with E-state index in [1.807, 2.05) is 34.9 Å². The lowest BCUT2D eigenvalue weighted by atomic mass is 9.91. The zero-order valence-corrected chi connectivity index (χ0v) is 37.6. The molecule has 3 aliphatic carbocycles. The number of nitrogens with zero attached hydrogens (tertiary/aromatic N) is 4. The fourth-order valence-corrected chi connectivity index (χ4v) is 11.8. The average molecular weight is 877 g/mol. The van der Waals surface area contributed by atoms with Crippen LogP contribution in [0.25, 0.3) is 21.6 Å². The third-order valence-corrected chi connectivity index (χ3v) is 15.6. The van der Waals surface area contributed by atoms with Gasteiger partial charge in [0.05, 0.1) is 34.5 Å². The van der Waals surface area contributed by atoms with Crippen molar-refractivity contribution < 1.29 is 37.1 Å². The summed E-state index contributed by atoms with van der Waals surface area (Å²) < 4.78 is 42.6. The third kappa shape index (κ3) is 9.40. The van der Waals surface area contributed by atoms with Gasteiger partial charge in [0.1, 0.15) is 28.3 Å². The highest BCUT2D eigenvalue weighted by atomic mass is 32.2. The van der Waals surface area contributed by atoms with Crippen LogP contribution in [0, 0.1) is 11.3 Å². The van der Waals surface area contributed by atoms with E-state index in [0.29, 0.717) is 44.0 Å². The lowest BCUT2D eigenvalue weighted by Gasteiger charge is -2.30. The fourth-order valence-electron chi connectivity index (χ4n) is 9.46. The summed E-state index contributed by atoms with van der Waals surface area (Å²) >= 11 is 1.62. The van der Waals surface area contributed by atoms with E-state index in [2.05, 4.69) is 29.3 Å². The maximum absolute atomic E-state index is 14.7. The maximum Gasteiger partial charge on any atom is 0.408 e. The van der Waals surface area contributed by atoms with Gasteiger partial charge in [-0.25, -0.2) is 18.2 Å². The lowest BCUT2D eigenvalue weighted by Crippen LogP contribution is -2.53. The minimum Gasteiger partial charge on any atom is -0.459 e. The van der Waals surface area contributed by atoms with Gasteiger partial charge in [0, 0.05) is 35.7 Å². The molecular weight excluding hydrogens is 817 g/mol. The van der Waals surface area contributed by atoms with E-state index in [1.54, 1.807) is 32.1 Å². The van der Waals surface area contributed by atoms with Crippen molar-refractivity contribution in [1.82, 2.24) is 29.5 Å². The topological polar surface area (TPSA) is 179 Å². The molecule has 4 heterocycles. The second-order valence-electron chi connectivity index (χ2n) is 19.1. The molecule has 61 heavy (non-hydrogen) atoms. The summed E-state index contributed by atoms with van der Waals surface area (Å²) in [5.41, 5.74) is 1.62. The zero-order chi connectivity index (χ0) is 43.3. The monoisotopic (exact) mass is 876 g/mol. The molecular formula is C45H60N6O8S2. The Morgan fingerprint density at radius 1 is 1.00 bits per heavy atom. The van der Waals surface area contributed by atoms with Crippen LogP contribution in [0.2, 0.25) is 0 Å². The van der Waals surface area contributed by atoms with E-state index < -0.39 is 62.4 Å². The highest BCUT2D eigenvalue weighted by Gasteiger charge is 2.61. The van der Waals surface area contributed by atoms with Gasteiger partial charge in [-0.15, -0.1) is 11.3 Å². The van der Waals surface area contributed by atoms with Crippen LogP contribution in [0.4, 0.5) is 4.79 Å². The number of carbonyl (C=O) groups is 4. The summed E-state index contributed by atoms with van der Waals surface area (Å²) in [6.07, 6.45) is 11.8. The number of fused-ring (bicyclic) bond motifs is 3. The first kappa shape index (κ1) is 43.3. The fraction of sp³-hybridized carbons (Fsp3) is 0.644. The number of aromatic nitrogens is 3. The molecule has 14 nitrogen and oxygen atoms in total. The van der Waals surface area contributed by atoms with E-state index in [4.69, 9.17) is 19.4 Å². The Bertz CT molecular complexity index is 2300. The molecule has 8 rings (SSSR count). The summed E-state index contributed by atoms with van der Waals surface area (Å²) in [5, 5.41) is 5.27. The van der Waals surface area contributed by atoms with Crippen LogP contribution in [0.15, 0.2) is 35.7 Å². The Morgan fingerprint density at radius 3 is 2.48 bits per heavy atom. The predicted octanol–water partition coefficient (Wildman–Crippen LogP) is 7.73. The molecule has 4 fully saturated rings. The molecule has 330 valence electrons. The number of hydrogen-bond donors (Lipinski definition) is 2. The van der Waals surface area contributed by atoms with Crippen molar-refractivity contribution in [1.29, 1.82) is 0 Å². The molecule has 1 saturated heterocycles. The number of benzene rings is 1. The number of alkyl carbamates (subject to hydrolysis) is 1. The molecule has 0 unspecified atom stereocenters. The summed E-state index contributed by atoms with van der Waals surface area (Å²) in [6, 6.07) is 4.37. The number of Topliss-reactive ketones (excluding diaryl/α,β-unsaturated/α-hetero) is 1. The first-order valence-corrected chi connectivity index (χ1v) is 24.6. The normalized spacial score (nSPS) is 27.3. The van der Waals surface area contributed by atoms with E-state index in [0.717, 1.165) is 59.4 Å². The molecule has 5 aliphatic rings. The van der Waals surface area contributed by atoms with Crippen LogP contribution in [-0.4, -0.2) is 87.1 Å². The Labute approximate surface area is 362 Å². The van der Waals surface area contributed by atoms with Gasteiger partial charge < -0.3 is 19.7 Å². The van der Waals surface area contributed by atoms with Crippen LogP contribution in [0.5, 0.6) is 6.01 Å². The Morgan fingerprint density at radius 2 is 1.75 bits per heavy atom. The van der Waals surface area contributed by atoms with Crippen molar-refractivity contribution in [2.24, 2.45) is 11.3 Å². The van der Waals surface area contributed by atoms with Crippen molar-refractivity contribution >= 4 is 56.1 Å². The zero-order valence-electron chi connectivity index (χ0n) is 36.0. The minimum atomic E-state index is -3.86. The van der Waals surface area contributed by atoms with Gasteiger partial charge >= 0.3 is 6.09 Å². The second-order valence-corrected chi connectivity index (χ2v) is 21.9. The molecule has 16 heteroatoms. The number of nitrogens with one attached hydrogen (secondary N) is 2. The lowest BCUT2D eigenvalue weighted by molar-refractivity contribution is -0.140. The van der Waals surface area contributed by atoms with E-state index in [9.17, 15) is 27.6 Å². The summed E-state index contributed by atoms with van der Waals surface area (Å²) in [6.45, 7) is 9.39. The van der Waals surface area contributed by atoms with E-state index >= 15 is 0 Å². The van der Waals surface area contributed by atoms with E-state index in [-0.39, 0.29) is 37.1 Å². The van der Waals surface area contributed by atoms with Crippen LogP contribution in [0.1, 0.15) is 142 Å². The number of allylic oxidation sites excluding steroid dienone is 2. The Hall–Kier alpha value is -4.31. The summed E-state index contributed by atoms with van der Waals surface area (Å²) in [7, 11) is -3.86. The van der Waals surface area contributed by atoms with Crippen molar-refractivity contribution in [2.45, 2.75) is 166 Å². The highest BCUT2D eigenvalue weighted by Crippen LogP contribution is 2.57. The Balaban J connectivity index is 1.11. The number of carbonyl (C=O) groups excluding carboxylic acids is 4. The molecule has 0 spiro atoms. The standard InChI is InChI=1S/C45H60N6O8S2/c1-27(2)51-35-19-13-17-32(39-46-34(26-60-39)28-14-11-12-15-28)38(35)48-42(51)58-30-22-36-37(52)24-45(41(54)49-61(56,57)31-20-21-31)23-29(45)16-9-7-6-8-10-18-33(40(53)50(36)25-30)47-43(55)59-44(3,4)5/h9,13,16-17,19,26-31,33,36H,6-8,10-12,14-15,18,20-25H2,1-5H3,(H,47,55)(H,49,54)/b16-9-/t29-,30-,33+,36+,45-/m1/s1. The average Bonchev–Trinajstić information content (AvgIpc) is 3.81. The first-order valence-electron chi connectivity index (χ1n) is 22.2. The van der Waals surface area contributed by atoms with Crippen LogP contribution in [-0.2, 0) is 29.1 Å². The van der Waals surface area contributed by atoms with Gasteiger partial charge in [0.2, 0.25) is 21.8 Å². The van der Waals surface area contributed by atoms with Crippen LogP contribution >= 0.6 is 11.3 Å². The maximum atomic E-state index is 14.7. The van der Waals surface area contributed by atoms with Gasteiger partial charge in [-0.1, -0.05) is 43.9 Å². The van der Waals surface area contributed by atoms with Gasteiger partial charge in [-0.2, -0.15) is 4.98 Å². The largest absolute Gasteiger partial charge is 0.459 e. The van der Waals surface area contributed by atoms with Crippen LogP contribution in [0.3, 0.4) is 0 Å². The molecule has 1 aromatic carbocycles. The molecule has 2 aromatic heterocycles. The van der Waals surface area contributed by atoms with Crippen molar-refractivity contribution in [3.63, 3.8) is 0 Å². The molecule has 5 atom stereocenters. The molecule has 0 bridgehead atoms. The number of amides is 3. The first-order chi connectivity index (χ1) is 29.0. The van der Waals surface area contributed by atoms with Crippen molar-refractivity contribution in [2.75, 3.05) is 6.54 Å². The minimum absolute atomic E-state index is 0.0334. The van der Waals surface area contributed by atoms with Gasteiger partial charge in [0.15, 0.2) is 5.78 Å². The quantitative estimate of drug-likeness (QED) is 0.202. The predicted molar refractivity (Wildman–Crippen MR) is 233 cm³/mol. The molecule has 3 aromatic rings. The number of ketones is 1. The van der Waals surface area contributed by atoms with Crippen molar-refractivity contribution in [3.8, 4) is 16.6 Å². The second kappa shape index (κ2) is 17.1. The molecule has 3 amide bonds. The number of imidazole rings is 1. The smallest absolute Gasteiger partial charge is 0.408 e. The van der Waals surface area contributed by atoms with Gasteiger partial charge in [0.25, 0.3) is 6.01 Å². The molecule has 0 radical (unpaired) electrons.